The molecule has 3 heterocycles. The first-order chi connectivity index (χ1) is 12.0. The highest BCUT2D eigenvalue weighted by Crippen LogP contribution is 2.17. The van der Waals surface area contributed by atoms with E-state index in [-0.39, 0.29) is 11.8 Å². The van der Waals surface area contributed by atoms with Crippen LogP contribution in [0.2, 0.25) is 0 Å². The van der Waals surface area contributed by atoms with E-state index in [1.54, 1.807) is 24.1 Å². The van der Waals surface area contributed by atoms with Gasteiger partial charge in [-0.2, -0.15) is 0 Å². The number of amides is 2. The molecule has 1 N–H and O–H groups in total. The Kier molecular flexibility index (Phi) is 5.70. The van der Waals surface area contributed by atoms with Gasteiger partial charge in [0, 0.05) is 36.8 Å². The molecule has 1 aliphatic heterocycles. The van der Waals surface area contributed by atoms with Gasteiger partial charge in [-0.1, -0.05) is 6.07 Å². The van der Waals surface area contributed by atoms with Gasteiger partial charge in [0.05, 0.1) is 4.88 Å². The smallest absolute Gasteiger partial charge is 0.261 e. The number of piperazine rings is 1. The van der Waals surface area contributed by atoms with Gasteiger partial charge >= 0.3 is 0 Å². The van der Waals surface area contributed by atoms with Gasteiger partial charge in [-0.15, -0.1) is 11.3 Å². The Hall–Kier alpha value is -1.93. The number of carbonyl (C=O) groups excluding carboxylic acids is 2. The summed E-state index contributed by atoms with van der Waals surface area (Å²) in [7, 11) is 0. The molecule has 0 aliphatic carbocycles. The normalized spacial score (nSPS) is 15.8. The van der Waals surface area contributed by atoms with Crippen molar-refractivity contribution >= 4 is 44.9 Å². The summed E-state index contributed by atoms with van der Waals surface area (Å²) in [6.07, 6.45) is 1.77. The van der Waals surface area contributed by atoms with Crippen molar-refractivity contribution in [3.05, 3.63) is 45.2 Å². The molecule has 1 atom stereocenters. The Labute approximate surface area is 159 Å². The fourth-order valence-corrected chi connectivity index (χ4v) is 3.58. The van der Waals surface area contributed by atoms with Gasteiger partial charge in [-0.05, 0) is 46.4 Å². The third-order valence-corrected chi connectivity index (χ3v) is 5.43. The van der Waals surface area contributed by atoms with Crippen LogP contribution in [0.25, 0.3) is 0 Å². The maximum atomic E-state index is 12.6. The van der Waals surface area contributed by atoms with E-state index in [9.17, 15) is 9.59 Å². The molecule has 25 heavy (non-hydrogen) atoms. The molecule has 132 valence electrons. The molecule has 8 heteroatoms. The quantitative estimate of drug-likeness (QED) is 0.820. The molecule has 0 spiro atoms. The van der Waals surface area contributed by atoms with E-state index in [0.717, 1.165) is 23.4 Å². The van der Waals surface area contributed by atoms with E-state index < -0.39 is 6.04 Å². The summed E-state index contributed by atoms with van der Waals surface area (Å²) >= 11 is 4.75. The van der Waals surface area contributed by atoms with Gasteiger partial charge < -0.3 is 15.1 Å². The van der Waals surface area contributed by atoms with E-state index in [1.165, 1.54) is 11.3 Å². The van der Waals surface area contributed by atoms with Gasteiger partial charge in [0.1, 0.15) is 11.9 Å². The second-order valence-corrected chi connectivity index (χ2v) is 7.68. The van der Waals surface area contributed by atoms with Crippen LogP contribution in [0.5, 0.6) is 0 Å². The number of rotatable bonds is 4. The van der Waals surface area contributed by atoms with Crippen LogP contribution in [0, 0.1) is 0 Å². The zero-order valence-corrected chi connectivity index (χ0v) is 16.2. The predicted octanol–water partition coefficient (Wildman–Crippen LogP) is 2.37. The first-order valence-corrected chi connectivity index (χ1v) is 9.71. The molecule has 2 aromatic rings. The molecule has 6 nitrogen and oxygen atoms in total. The molecule has 1 unspecified atom stereocenters. The molecule has 1 aliphatic rings. The molecule has 0 aromatic carbocycles. The number of nitrogens with one attached hydrogen (secondary N) is 1. The van der Waals surface area contributed by atoms with E-state index in [2.05, 4.69) is 31.1 Å². The number of pyridine rings is 1. The van der Waals surface area contributed by atoms with Crippen LogP contribution in [0.15, 0.2) is 40.3 Å². The first kappa shape index (κ1) is 17.9. The van der Waals surface area contributed by atoms with E-state index in [0.29, 0.717) is 18.0 Å². The summed E-state index contributed by atoms with van der Waals surface area (Å²) in [5.41, 5.74) is 0. The van der Waals surface area contributed by atoms with Crippen LogP contribution in [0.1, 0.15) is 16.6 Å². The number of hydrogen-bond donors (Lipinski definition) is 1. The minimum Gasteiger partial charge on any atom is -0.353 e. The summed E-state index contributed by atoms with van der Waals surface area (Å²) in [4.78, 5) is 33.6. The molecular weight excluding hydrogens is 404 g/mol. The highest BCUT2D eigenvalue weighted by molar-refractivity contribution is 9.10. The van der Waals surface area contributed by atoms with E-state index >= 15 is 0 Å². The fourth-order valence-electron chi connectivity index (χ4n) is 2.72. The summed E-state index contributed by atoms with van der Waals surface area (Å²) in [6.45, 7) is 4.43. The largest absolute Gasteiger partial charge is 0.353 e. The molecule has 2 amide bonds. The van der Waals surface area contributed by atoms with Crippen molar-refractivity contribution in [1.29, 1.82) is 0 Å². The van der Waals surface area contributed by atoms with Crippen molar-refractivity contribution in [2.45, 2.75) is 13.0 Å². The second-order valence-electron chi connectivity index (χ2n) is 5.82. The number of thiophene rings is 1. The van der Waals surface area contributed by atoms with E-state index in [1.807, 2.05) is 23.6 Å². The number of nitrogens with zero attached hydrogens (tertiary/aromatic N) is 3. The van der Waals surface area contributed by atoms with Crippen LogP contribution in [0.3, 0.4) is 0 Å². The summed E-state index contributed by atoms with van der Waals surface area (Å²) < 4.78 is 0.945. The SMILES string of the molecule is CC(NC(=O)c1cccs1)C(=O)N1CCN(c2ccc(Br)cn2)CC1. The lowest BCUT2D eigenvalue weighted by molar-refractivity contribution is -0.133. The van der Waals surface area contributed by atoms with Gasteiger partial charge in [0.2, 0.25) is 5.91 Å². The average Bonchev–Trinajstić information content (AvgIpc) is 3.17. The summed E-state index contributed by atoms with van der Waals surface area (Å²) in [5.74, 6) is 0.663. The first-order valence-electron chi connectivity index (χ1n) is 8.04. The zero-order valence-electron chi connectivity index (χ0n) is 13.8. The molecule has 1 saturated heterocycles. The minimum atomic E-state index is -0.535. The number of halogens is 1. The Balaban J connectivity index is 1.52. The molecule has 0 radical (unpaired) electrons. The van der Waals surface area contributed by atoms with Crippen molar-refractivity contribution in [3.63, 3.8) is 0 Å². The number of aromatic nitrogens is 1. The second kappa shape index (κ2) is 7.97. The van der Waals surface area contributed by atoms with Gasteiger partial charge in [-0.25, -0.2) is 4.98 Å². The van der Waals surface area contributed by atoms with Gasteiger partial charge in [0.25, 0.3) is 5.91 Å². The molecule has 0 bridgehead atoms. The topological polar surface area (TPSA) is 65.5 Å². The van der Waals surface area contributed by atoms with Crippen LogP contribution in [-0.2, 0) is 4.79 Å². The van der Waals surface area contributed by atoms with Crippen molar-refractivity contribution in [2.24, 2.45) is 0 Å². The number of hydrogen-bond acceptors (Lipinski definition) is 5. The van der Waals surface area contributed by atoms with Crippen molar-refractivity contribution in [2.75, 3.05) is 31.1 Å². The fraction of sp³-hybridized carbons (Fsp3) is 0.353. The maximum Gasteiger partial charge on any atom is 0.261 e. The third-order valence-electron chi connectivity index (χ3n) is 4.09. The summed E-state index contributed by atoms with van der Waals surface area (Å²) in [6, 6.07) is 6.96. The molecule has 3 rings (SSSR count). The molecule has 1 fully saturated rings. The monoisotopic (exact) mass is 422 g/mol. The van der Waals surface area contributed by atoms with Crippen molar-refractivity contribution < 1.29 is 9.59 Å². The lowest BCUT2D eigenvalue weighted by atomic mass is 10.2. The number of carbonyl (C=O) groups is 2. The lowest BCUT2D eigenvalue weighted by Gasteiger charge is -2.36. The minimum absolute atomic E-state index is 0.0479. The summed E-state index contributed by atoms with van der Waals surface area (Å²) in [5, 5.41) is 4.62. The van der Waals surface area contributed by atoms with Crippen molar-refractivity contribution in [1.82, 2.24) is 15.2 Å². The van der Waals surface area contributed by atoms with Crippen molar-refractivity contribution in [3.8, 4) is 0 Å². The van der Waals surface area contributed by atoms with Gasteiger partial charge in [0.15, 0.2) is 0 Å². The van der Waals surface area contributed by atoms with Crippen LogP contribution < -0.4 is 10.2 Å². The molecule has 0 saturated carbocycles. The van der Waals surface area contributed by atoms with Gasteiger partial charge in [-0.3, -0.25) is 9.59 Å². The van der Waals surface area contributed by atoms with E-state index in [4.69, 9.17) is 0 Å². The number of anilines is 1. The Morgan fingerprint density at radius 2 is 2.00 bits per heavy atom. The molecule has 2 aromatic heterocycles. The van der Waals surface area contributed by atoms with Crippen LogP contribution >= 0.6 is 27.3 Å². The Bertz CT molecular complexity index is 728. The highest BCUT2D eigenvalue weighted by atomic mass is 79.9. The Morgan fingerprint density at radius 3 is 2.60 bits per heavy atom. The van der Waals surface area contributed by atoms with Crippen LogP contribution in [-0.4, -0.2) is 53.9 Å². The Morgan fingerprint density at radius 1 is 1.24 bits per heavy atom. The standard InChI is InChI=1S/C17H19BrN4O2S/c1-12(20-16(23)14-3-2-10-25-14)17(24)22-8-6-21(7-9-22)15-5-4-13(18)11-19-15/h2-5,10-12H,6-9H2,1H3,(H,20,23). The maximum absolute atomic E-state index is 12.6. The highest BCUT2D eigenvalue weighted by Gasteiger charge is 2.26. The molecular formula is C17H19BrN4O2S. The average molecular weight is 423 g/mol. The lowest BCUT2D eigenvalue weighted by Crippen LogP contribution is -2.54. The third kappa shape index (κ3) is 4.38. The predicted molar refractivity (Wildman–Crippen MR) is 102 cm³/mol. The van der Waals surface area contributed by atoms with Crippen LogP contribution in [0.4, 0.5) is 5.82 Å². The zero-order chi connectivity index (χ0) is 17.8.